The zero-order valence-corrected chi connectivity index (χ0v) is 15.6. The smallest absolute Gasteiger partial charge is 0.407 e. The fourth-order valence-electron chi connectivity index (χ4n) is 5.91. The normalized spacial score (nSPS) is 28.3. The molecule has 142 valence electrons. The van der Waals surface area contributed by atoms with E-state index in [1.54, 1.807) is 0 Å². The zero-order valence-electron chi connectivity index (χ0n) is 15.6. The summed E-state index contributed by atoms with van der Waals surface area (Å²) in [6, 6.07) is 9.23. The number of carbonyl (C=O) groups is 2. The van der Waals surface area contributed by atoms with Crippen molar-refractivity contribution in [1.29, 1.82) is 0 Å². The maximum absolute atomic E-state index is 12.7. The molecule has 27 heavy (non-hydrogen) atoms. The molecule has 1 N–H and O–H groups in total. The highest BCUT2D eigenvalue weighted by Crippen LogP contribution is 2.57. The van der Waals surface area contributed by atoms with Gasteiger partial charge in [-0.1, -0.05) is 24.3 Å². The highest BCUT2D eigenvalue weighted by Gasteiger charge is 2.58. The Kier molecular flexibility index (Phi) is 3.12. The van der Waals surface area contributed by atoms with Crippen molar-refractivity contribution in [3.8, 4) is 0 Å². The van der Waals surface area contributed by atoms with Gasteiger partial charge in [0.05, 0.1) is 5.54 Å². The molecule has 2 spiro atoms. The third kappa shape index (κ3) is 2.50. The van der Waals surface area contributed by atoms with E-state index >= 15 is 0 Å². The minimum Gasteiger partial charge on any atom is -0.447 e. The van der Waals surface area contributed by atoms with Gasteiger partial charge in [-0.05, 0) is 61.5 Å². The minimum absolute atomic E-state index is 0.0652. The number of ether oxygens (including phenoxy) is 1. The van der Waals surface area contributed by atoms with Crippen LogP contribution in [-0.2, 0) is 9.53 Å². The Balaban J connectivity index is 1.01. The number of benzene rings is 1. The number of cyclic esters (lactones) is 1. The molecule has 6 rings (SSSR count). The Hall–Kier alpha value is -2.04. The molecular formula is C22H26N2O3. The molecule has 2 saturated heterocycles. The van der Waals surface area contributed by atoms with E-state index in [1.165, 1.54) is 36.8 Å². The molecule has 2 aliphatic heterocycles. The Labute approximate surface area is 159 Å². The Morgan fingerprint density at radius 2 is 1.78 bits per heavy atom. The maximum atomic E-state index is 12.7. The standard InChI is InChI=1S/C22H26N2O3/c25-19(18-9-22(10-18)13-27-20(26)23-22)24-11-21(12-24)7-17(8-21)16-3-1-2-15(6-16)14-4-5-14/h1-3,6,14,17-18H,4-5,7-13H2,(H,23,26)/t18-,22+. The van der Waals surface area contributed by atoms with Crippen molar-refractivity contribution >= 4 is 12.0 Å². The summed E-state index contributed by atoms with van der Waals surface area (Å²) in [7, 11) is 0. The molecule has 1 aromatic carbocycles. The fraction of sp³-hybridized carbons (Fsp3) is 0.636. The average molecular weight is 366 g/mol. The van der Waals surface area contributed by atoms with Crippen molar-refractivity contribution in [1.82, 2.24) is 10.2 Å². The van der Waals surface area contributed by atoms with Gasteiger partial charge >= 0.3 is 6.09 Å². The van der Waals surface area contributed by atoms with Crippen LogP contribution in [0, 0.1) is 11.3 Å². The lowest BCUT2D eigenvalue weighted by Gasteiger charge is -2.60. The second-order valence-electron chi connectivity index (χ2n) is 9.83. The van der Waals surface area contributed by atoms with Crippen LogP contribution >= 0.6 is 0 Å². The molecule has 0 radical (unpaired) electrons. The molecule has 5 aliphatic rings. The fourth-order valence-corrected chi connectivity index (χ4v) is 5.91. The number of hydrogen-bond acceptors (Lipinski definition) is 3. The van der Waals surface area contributed by atoms with Gasteiger partial charge in [-0.2, -0.15) is 0 Å². The molecular weight excluding hydrogens is 340 g/mol. The van der Waals surface area contributed by atoms with Crippen molar-refractivity contribution in [2.45, 2.75) is 55.9 Å². The SMILES string of the molecule is O=C1N[C@]2(CO1)C[C@H](C(=O)N1CC3(CC(c4cccc(C5CC5)c4)C3)C1)C2. The predicted octanol–water partition coefficient (Wildman–Crippen LogP) is 3.16. The molecule has 1 aromatic rings. The van der Waals surface area contributed by atoms with E-state index in [0.29, 0.717) is 17.9 Å². The maximum Gasteiger partial charge on any atom is 0.407 e. The third-order valence-electron chi connectivity index (χ3n) is 7.62. The molecule has 0 bridgehead atoms. The van der Waals surface area contributed by atoms with Gasteiger partial charge in [0.25, 0.3) is 0 Å². The minimum atomic E-state index is -0.338. The van der Waals surface area contributed by atoms with Gasteiger partial charge in [0.2, 0.25) is 5.91 Å². The van der Waals surface area contributed by atoms with E-state index in [9.17, 15) is 9.59 Å². The van der Waals surface area contributed by atoms with Gasteiger partial charge in [-0.3, -0.25) is 4.79 Å². The second kappa shape index (κ2) is 5.27. The van der Waals surface area contributed by atoms with Gasteiger partial charge < -0.3 is 15.0 Å². The number of amides is 2. The van der Waals surface area contributed by atoms with Gasteiger partial charge in [0.15, 0.2) is 0 Å². The van der Waals surface area contributed by atoms with Crippen molar-refractivity contribution in [3.05, 3.63) is 35.4 Å². The highest BCUT2D eigenvalue weighted by molar-refractivity contribution is 5.82. The lowest BCUT2D eigenvalue weighted by atomic mass is 9.55. The number of hydrogen-bond donors (Lipinski definition) is 1. The van der Waals surface area contributed by atoms with E-state index in [1.807, 2.05) is 4.90 Å². The number of alkyl carbamates (subject to hydrolysis) is 1. The van der Waals surface area contributed by atoms with Crippen LogP contribution in [0.4, 0.5) is 4.79 Å². The molecule has 0 aromatic heterocycles. The number of nitrogens with zero attached hydrogens (tertiary/aromatic N) is 1. The van der Waals surface area contributed by atoms with Crippen LogP contribution in [0.3, 0.4) is 0 Å². The quantitative estimate of drug-likeness (QED) is 0.894. The monoisotopic (exact) mass is 366 g/mol. The molecule has 5 heteroatoms. The van der Waals surface area contributed by atoms with Crippen LogP contribution in [-0.4, -0.2) is 42.1 Å². The predicted molar refractivity (Wildman–Crippen MR) is 99.3 cm³/mol. The van der Waals surface area contributed by atoms with E-state index in [-0.39, 0.29) is 23.5 Å². The summed E-state index contributed by atoms with van der Waals surface area (Å²) < 4.78 is 5.00. The Morgan fingerprint density at radius 1 is 1.07 bits per heavy atom. The lowest BCUT2D eigenvalue weighted by Crippen LogP contribution is -2.66. The van der Waals surface area contributed by atoms with E-state index in [0.717, 1.165) is 31.8 Å². The summed E-state index contributed by atoms with van der Waals surface area (Å²) in [6.07, 6.45) is 6.29. The summed E-state index contributed by atoms with van der Waals surface area (Å²) in [4.78, 5) is 26.0. The molecule has 3 saturated carbocycles. The molecule has 5 nitrogen and oxygen atoms in total. The number of likely N-dealkylation sites (tertiary alicyclic amines) is 1. The first-order valence-corrected chi connectivity index (χ1v) is 10.4. The highest BCUT2D eigenvalue weighted by atomic mass is 16.6. The largest absolute Gasteiger partial charge is 0.447 e. The van der Waals surface area contributed by atoms with Gasteiger partial charge in [0.1, 0.15) is 6.61 Å². The lowest BCUT2D eigenvalue weighted by molar-refractivity contribution is -0.161. The van der Waals surface area contributed by atoms with Crippen molar-refractivity contribution in [2.75, 3.05) is 19.7 Å². The number of carbonyl (C=O) groups excluding carboxylic acids is 2. The summed E-state index contributed by atoms with van der Waals surface area (Å²) in [5, 5.41) is 2.87. The summed E-state index contributed by atoms with van der Waals surface area (Å²) >= 11 is 0. The van der Waals surface area contributed by atoms with Gasteiger partial charge in [-0.15, -0.1) is 0 Å². The van der Waals surface area contributed by atoms with Crippen LogP contribution in [0.15, 0.2) is 24.3 Å². The van der Waals surface area contributed by atoms with Crippen molar-refractivity contribution < 1.29 is 14.3 Å². The number of rotatable bonds is 3. The van der Waals surface area contributed by atoms with Crippen LogP contribution in [0.25, 0.3) is 0 Å². The van der Waals surface area contributed by atoms with Crippen LogP contribution in [0.1, 0.15) is 61.5 Å². The van der Waals surface area contributed by atoms with E-state index in [4.69, 9.17) is 4.74 Å². The van der Waals surface area contributed by atoms with Crippen LogP contribution in [0.2, 0.25) is 0 Å². The van der Waals surface area contributed by atoms with Crippen molar-refractivity contribution in [2.24, 2.45) is 11.3 Å². The summed E-state index contributed by atoms with van der Waals surface area (Å²) in [5.74, 6) is 1.84. The Bertz CT molecular complexity index is 811. The number of nitrogens with one attached hydrogen (secondary N) is 1. The summed E-state index contributed by atoms with van der Waals surface area (Å²) in [5.41, 5.74) is 3.16. The molecule has 0 unspecified atom stereocenters. The van der Waals surface area contributed by atoms with Gasteiger partial charge in [-0.25, -0.2) is 4.79 Å². The first-order chi connectivity index (χ1) is 13.0. The first kappa shape index (κ1) is 16.0. The molecule has 2 heterocycles. The van der Waals surface area contributed by atoms with E-state index in [2.05, 4.69) is 29.6 Å². The zero-order chi connectivity index (χ0) is 18.2. The molecule has 2 amide bonds. The molecule has 0 atom stereocenters. The van der Waals surface area contributed by atoms with Crippen LogP contribution < -0.4 is 5.32 Å². The third-order valence-corrected chi connectivity index (χ3v) is 7.62. The first-order valence-electron chi connectivity index (χ1n) is 10.4. The molecule has 3 aliphatic carbocycles. The molecule has 5 fully saturated rings. The second-order valence-corrected chi connectivity index (χ2v) is 9.83. The van der Waals surface area contributed by atoms with Crippen molar-refractivity contribution in [3.63, 3.8) is 0 Å². The topological polar surface area (TPSA) is 58.6 Å². The summed E-state index contributed by atoms with van der Waals surface area (Å²) in [6.45, 7) is 2.27. The van der Waals surface area contributed by atoms with E-state index < -0.39 is 0 Å². The average Bonchev–Trinajstić information content (AvgIpc) is 3.33. The Morgan fingerprint density at radius 3 is 2.41 bits per heavy atom. The van der Waals surface area contributed by atoms with Crippen LogP contribution in [0.5, 0.6) is 0 Å². The van der Waals surface area contributed by atoms with Gasteiger partial charge in [0, 0.05) is 24.4 Å².